The zero-order valence-electron chi connectivity index (χ0n) is 16.5. The molecule has 0 amide bonds. The van der Waals surface area contributed by atoms with Crippen molar-refractivity contribution in [1.29, 1.82) is 0 Å². The van der Waals surface area contributed by atoms with Crippen LogP contribution in [0.5, 0.6) is 0 Å². The Morgan fingerprint density at radius 2 is 1.96 bits per heavy atom. The number of hydrogen-bond donors (Lipinski definition) is 2. The molecule has 26 heavy (non-hydrogen) atoms. The third kappa shape index (κ3) is 4.50. The fourth-order valence-corrected chi connectivity index (χ4v) is 2.84. The monoisotopic (exact) mass is 358 g/mol. The molecule has 8 heteroatoms. The van der Waals surface area contributed by atoms with Crippen LogP contribution >= 0.6 is 0 Å². The number of aryl methyl sites for hydroxylation is 3. The van der Waals surface area contributed by atoms with Crippen LogP contribution in [0.1, 0.15) is 42.4 Å². The maximum Gasteiger partial charge on any atom is 0.192 e. The molecule has 8 nitrogen and oxygen atoms in total. The first kappa shape index (κ1) is 19.7. The lowest BCUT2D eigenvalue weighted by molar-refractivity contribution is 0.703. The molecule has 0 aliphatic rings. The van der Waals surface area contributed by atoms with Gasteiger partial charge in [0.2, 0.25) is 0 Å². The molecular formula is C18H30N8. The van der Waals surface area contributed by atoms with Gasteiger partial charge in [0.1, 0.15) is 5.82 Å². The van der Waals surface area contributed by atoms with Gasteiger partial charge in [0.15, 0.2) is 11.8 Å². The molecule has 0 atom stereocenters. The van der Waals surface area contributed by atoms with E-state index in [1.165, 1.54) is 11.3 Å². The molecule has 0 unspecified atom stereocenters. The van der Waals surface area contributed by atoms with Crippen molar-refractivity contribution in [2.24, 2.45) is 19.1 Å². The van der Waals surface area contributed by atoms with Crippen LogP contribution in [0.3, 0.4) is 0 Å². The molecule has 142 valence electrons. The van der Waals surface area contributed by atoms with E-state index in [2.05, 4.69) is 46.4 Å². The molecule has 2 heterocycles. The van der Waals surface area contributed by atoms with Crippen molar-refractivity contribution in [1.82, 2.24) is 35.2 Å². The van der Waals surface area contributed by atoms with Gasteiger partial charge in [-0.05, 0) is 19.8 Å². The van der Waals surface area contributed by atoms with E-state index in [0.29, 0.717) is 19.6 Å². The molecule has 0 aromatic carbocycles. The highest BCUT2D eigenvalue weighted by atomic mass is 15.3. The fraction of sp³-hybridized carbons (Fsp3) is 0.556. The van der Waals surface area contributed by atoms with Crippen LogP contribution in [-0.2, 0) is 40.0 Å². The molecular weight excluding hydrogens is 328 g/mol. The van der Waals surface area contributed by atoms with Crippen LogP contribution in [0.15, 0.2) is 17.6 Å². The summed E-state index contributed by atoms with van der Waals surface area (Å²) >= 11 is 0. The van der Waals surface area contributed by atoms with Crippen molar-refractivity contribution >= 4 is 5.96 Å². The first-order chi connectivity index (χ1) is 12.5. The molecule has 2 rings (SSSR count). The summed E-state index contributed by atoms with van der Waals surface area (Å²) in [5, 5.41) is 19.5. The van der Waals surface area contributed by atoms with Gasteiger partial charge >= 0.3 is 0 Å². The van der Waals surface area contributed by atoms with Gasteiger partial charge in [0.05, 0.1) is 18.8 Å². The first-order valence-electron chi connectivity index (χ1n) is 9.03. The van der Waals surface area contributed by atoms with E-state index in [1.54, 1.807) is 0 Å². The van der Waals surface area contributed by atoms with Gasteiger partial charge in [-0.2, -0.15) is 5.10 Å². The zero-order valence-corrected chi connectivity index (χ0v) is 16.5. The van der Waals surface area contributed by atoms with E-state index < -0.39 is 0 Å². The van der Waals surface area contributed by atoms with Crippen LogP contribution in [0.25, 0.3) is 0 Å². The fourth-order valence-electron chi connectivity index (χ4n) is 2.84. The third-order valence-electron chi connectivity index (χ3n) is 4.43. The highest BCUT2D eigenvalue weighted by Gasteiger charge is 2.13. The Kier molecular flexibility index (Phi) is 6.94. The zero-order chi connectivity index (χ0) is 19.1. The third-order valence-corrected chi connectivity index (χ3v) is 4.43. The summed E-state index contributed by atoms with van der Waals surface area (Å²) in [7, 11) is 3.95. The van der Waals surface area contributed by atoms with Crippen molar-refractivity contribution in [3.05, 3.63) is 41.3 Å². The van der Waals surface area contributed by atoms with Crippen LogP contribution < -0.4 is 10.6 Å². The van der Waals surface area contributed by atoms with Gasteiger partial charge in [0, 0.05) is 31.9 Å². The number of guanidine groups is 1. The van der Waals surface area contributed by atoms with Crippen molar-refractivity contribution < 1.29 is 0 Å². The Morgan fingerprint density at radius 3 is 2.54 bits per heavy atom. The Morgan fingerprint density at radius 1 is 1.19 bits per heavy atom. The largest absolute Gasteiger partial charge is 0.353 e. The predicted molar refractivity (Wildman–Crippen MR) is 104 cm³/mol. The summed E-state index contributed by atoms with van der Waals surface area (Å²) in [4.78, 5) is 4.75. The Hall–Kier alpha value is -2.64. The molecule has 0 aliphatic heterocycles. The van der Waals surface area contributed by atoms with E-state index in [0.717, 1.165) is 36.1 Å². The summed E-state index contributed by atoms with van der Waals surface area (Å²) in [5.74, 6) is 2.47. The summed E-state index contributed by atoms with van der Waals surface area (Å²) in [5.41, 5.74) is 3.56. The van der Waals surface area contributed by atoms with Crippen molar-refractivity contribution in [2.45, 2.75) is 46.7 Å². The smallest absolute Gasteiger partial charge is 0.192 e. The molecule has 0 fully saturated rings. The summed E-state index contributed by atoms with van der Waals surface area (Å²) in [6.07, 6.45) is 3.65. The summed E-state index contributed by atoms with van der Waals surface area (Å²) in [6.45, 7) is 11.7. The lowest BCUT2D eigenvalue weighted by atomic mass is 10.1. The lowest BCUT2D eigenvalue weighted by Gasteiger charge is -2.11. The van der Waals surface area contributed by atoms with E-state index in [4.69, 9.17) is 4.99 Å². The molecule has 0 saturated heterocycles. The molecule has 2 N–H and O–H groups in total. The number of aromatic nitrogens is 5. The number of nitrogens with zero attached hydrogens (tertiary/aromatic N) is 6. The standard InChI is InChI=1S/C18H30N8/c1-7-10-19-18(21-12-17-23-22-13(4)25(17)5)20-11-14-15(8-2)24-26(6)16(14)9-3/h7H,1,8-12H2,2-6H3,(H2,19,20,21). The quantitative estimate of drug-likeness (QED) is 0.423. The highest BCUT2D eigenvalue weighted by molar-refractivity contribution is 5.79. The Labute approximate surface area is 155 Å². The van der Waals surface area contributed by atoms with E-state index in [1.807, 2.05) is 36.3 Å². The van der Waals surface area contributed by atoms with Gasteiger partial charge in [-0.25, -0.2) is 4.99 Å². The highest BCUT2D eigenvalue weighted by Crippen LogP contribution is 2.16. The first-order valence-corrected chi connectivity index (χ1v) is 9.03. The predicted octanol–water partition coefficient (Wildman–Crippen LogP) is 1.40. The van der Waals surface area contributed by atoms with E-state index in [9.17, 15) is 0 Å². The average molecular weight is 358 g/mol. The van der Waals surface area contributed by atoms with E-state index in [-0.39, 0.29) is 0 Å². The summed E-state index contributed by atoms with van der Waals surface area (Å²) in [6, 6.07) is 0. The number of hydrogen-bond acceptors (Lipinski definition) is 4. The number of nitrogens with one attached hydrogen (secondary N) is 2. The molecule has 0 bridgehead atoms. The van der Waals surface area contributed by atoms with Crippen LogP contribution in [0.2, 0.25) is 0 Å². The van der Waals surface area contributed by atoms with Crippen LogP contribution in [0, 0.1) is 6.92 Å². The minimum Gasteiger partial charge on any atom is -0.353 e. The number of rotatable bonds is 8. The van der Waals surface area contributed by atoms with E-state index >= 15 is 0 Å². The second-order valence-corrected chi connectivity index (χ2v) is 6.11. The van der Waals surface area contributed by atoms with Gasteiger partial charge < -0.3 is 15.2 Å². The average Bonchev–Trinajstić information content (AvgIpc) is 3.13. The van der Waals surface area contributed by atoms with Gasteiger partial charge in [0.25, 0.3) is 0 Å². The SMILES string of the molecule is C=CCNC(=NCc1c(CC)nn(C)c1CC)NCc1nnc(C)n1C. The minimum atomic E-state index is 0.550. The maximum absolute atomic E-state index is 4.75. The van der Waals surface area contributed by atoms with Crippen molar-refractivity contribution in [3.8, 4) is 0 Å². The molecule has 0 spiro atoms. The molecule has 0 aliphatic carbocycles. The van der Waals surface area contributed by atoms with Crippen molar-refractivity contribution in [2.75, 3.05) is 6.54 Å². The normalized spacial score (nSPS) is 11.7. The molecule has 2 aromatic rings. The second-order valence-electron chi connectivity index (χ2n) is 6.11. The molecule has 0 radical (unpaired) electrons. The van der Waals surface area contributed by atoms with Gasteiger partial charge in [-0.15, -0.1) is 16.8 Å². The van der Waals surface area contributed by atoms with Gasteiger partial charge in [-0.1, -0.05) is 19.9 Å². The Bertz CT molecular complexity index is 768. The second kappa shape index (κ2) is 9.17. The van der Waals surface area contributed by atoms with Crippen LogP contribution in [-0.4, -0.2) is 37.0 Å². The van der Waals surface area contributed by atoms with Crippen LogP contribution in [0.4, 0.5) is 0 Å². The lowest BCUT2D eigenvalue weighted by Crippen LogP contribution is -2.37. The Balaban J connectivity index is 2.15. The molecule has 0 saturated carbocycles. The van der Waals surface area contributed by atoms with Crippen molar-refractivity contribution in [3.63, 3.8) is 0 Å². The summed E-state index contributed by atoms with van der Waals surface area (Å²) < 4.78 is 3.93. The minimum absolute atomic E-state index is 0.550. The molecule has 2 aromatic heterocycles. The topological polar surface area (TPSA) is 84.9 Å². The number of aliphatic imine (C=N–C) groups is 1. The maximum atomic E-state index is 4.75. The van der Waals surface area contributed by atoms with Gasteiger partial charge in [-0.3, -0.25) is 4.68 Å².